The Kier molecular flexibility index (Phi) is 5.85. The number of carbonyl (C=O) groups excluding carboxylic acids is 1. The molecule has 0 N–H and O–H groups in total. The van der Waals surface area contributed by atoms with E-state index in [1.54, 1.807) is 12.0 Å². The summed E-state index contributed by atoms with van der Waals surface area (Å²) in [5.74, 6) is -4.54. The van der Waals surface area contributed by atoms with Gasteiger partial charge in [-0.3, -0.25) is 4.79 Å². The van der Waals surface area contributed by atoms with Gasteiger partial charge in [0.2, 0.25) is 0 Å². The second kappa shape index (κ2) is 8.49. The third kappa shape index (κ3) is 4.29. The number of amides is 1. The monoisotopic (exact) mass is 466 g/mol. The van der Waals surface area contributed by atoms with E-state index in [2.05, 4.69) is 5.16 Å². The summed E-state index contributed by atoms with van der Waals surface area (Å²) < 4.78 is 74.9. The molecule has 5 nitrogen and oxygen atoms in total. The van der Waals surface area contributed by atoms with E-state index in [-0.39, 0.29) is 29.0 Å². The Bertz CT molecular complexity index is 1120. The van der Waals surface area contributed by atoms with Gasteiger partial charge in [-0.05, 0) is 30.5 Å². The van der Waals surface area contributed by atoms with E-state index in [1.807, 2.05) is 24.3 Å². The van der Waals surface area contributed by atoms with E-state index < -0.39 is 17.7 Å². The Morgan fingerprint density at radius 1 is 1.06 bits per heavy atom. The van der Waals surface area contributed by atoms with Crippen LogP contribution in [0.4, 0.5) is 22.0 Å². The Morgan fingerprint density at radius 2 is 1.73 bits per heavy atom. The van der Waals surface area contributed by atoms with Crippen molar-refractivity contribution in [2.24, 2.45) is 0 Å². The van der Waals surface area contributed by atoms with Crippen molar-refractivity contribution in [3.63, 3.8) is 0 Å². The van der Waals surface area contributed by atoms with Crippen LogP contribution in [0.15, 0.2) is 59.1 Å². The van der Waals surface area contributed by atoms with Crippen molar-refractivity contribution >= 4 is 5.91 Å². The first-order valence-corrected chi connectivity index (χ1v) is 10.1. The number of ether oxygens (including phenoxy) is 1. The molecule has 3 aromatic rings. The highest BCUT2D eigenvalue weighted by molar-refractivity contribution is 5.93. The molecule has 1 aliphatic rings. The number of hydrogen-bond donors (Lipinski definition) is 0. The Morgan fingerprint density at radius 3 is 2.33 bits per heavy atom. The van der Waals surface area contributed by atoms with Crippen molar-refractivity contribution in [2.75, 3.05) is 13.7 Å². The van der Waals surface area contributed by atoms with Crippen LogP contribution in [0.25, 0.3) is 11.3 Å². The molecule has 1 saturated heterocycles. The van der Waals surface area contributed by atoms with Crippen molar-refractivity contribution in [3.8, 4) is 17.1 Å². The molecule has 33 heavy (non-hydrogen) atoms. The Labute approximate surface area is 185 Å². The van der Waals surface area contributed by atoms with Crippen LogP contribution in [-0.4, -0.2) is 35.8 Å². The molecule has 0 radical (unpaired) electrons. The highest BCUT2D eigenvalue weighted by atomic mass is 19.4. The summed E-state index contributed by atoms with van der Waals surface area (Å²) in [6, 6.07) is 12.1. The standard InChI is InChI=1S/C23H19F5N2O3/c1-32-17-10-6-14(7-11-17)19-3-2-12-30(19)21(31)18-13-20(33-29-18)15-4-8-16(9-5-15)22(24,25)23(26,27)28/h4-11,13,19H,2-3,12H2,1H3. The minimum atomic E-state index is -5.70. The minimum absolute atomic E-state index is 0.0232. The third-order valence-electron chi connectivity index (χ3n) is 5.63. The fourth-order valence-electron chi connectivity index (χ4n) is 3.85. The maximum absolute atomic E-state index is 13.5. The molecule has 0 spiro atoms. The van der Waals surface area contributed by atoms with Gasteiger partial charge in [0.1, 0.15) is 5.75 Å². The van der Waals surface area contributed by atoms with E-state index in [1.165, 1.54) is 6.07 Å². The zero-order valence-corrected chi connectivity index (χ0v) is 17.4. The third-order valence-corrected chi connectivity index (χ3v) is 5.63. The summed E-state index contributed by atoms with van der Waals surface area (Å²) in [5.41, 5.74) is 0.00651. The van der Waals surface area contributed by atoms with Crippen molar-refractivity contribution in [1.29, 1.82) is 0 Å². The number of nitrogens with zero attached hydrogens (tertiary/aromatic N) is 2. The highest BCUT2D eigenvalue weighted by Crippen LogP contribution is 2.44. The lowest BCUT2D eigenvalue weighted by Gasteiger charge is -2.24. The number of aromatic nitrogens is 1. The molecule has 10 heteroatoms. The van der Waals surface area contributed by atoms with Gasteiger partial charge in [-0.15, -0.1) is 0 Å². The second-order valence-electron chi connectivity index (χ2n) is 7.66. The number of carbonyl (C=O) groups is 1. The molecule has 2 heterocycles. The van der Waals surface area contributed by atoms with Crippen LogP contribution in [-0.2, 0) is 5.92 Å². The lowest BCUT2D eigenvalue weighted by Crippen LogP contribution is -2.33. The molecule has 1 unspecified atom stereocenters. The molecule has 0 saturated carbocycles. The highest BCUT2D eigenvalue weighted by Gasteiger charge is 2.58. The van der Waals surface area contributed by atoms with Crippen LogP contribution in [0.1, 0.15) is 40.5 Å². The minimum Gasteiger partial charge on any atom is -0.497 e. The van der Waals surface area contributed by atoms with Gasteiger partial charge < -0.3 is 14.2 Å². The van der Waals surface area contributed by atoms with Gasteiger partial charge in [-0.2, -0.15) is 22.0 Å². The SMILES string of the molecule is COc1ccc(C2CCCN2C(=O)c2cc(-c3ccc(C(F)(F)C(F)(F)F)cc3)on2)cc1. The van der Waals surface area contributed by atoms with Crippen LogP contribution in [0.3, 0.4) is 0 Å². The number of likely N-dealkylation sites (tertiary alicyclic amines) is 1. The van der Waals surface area contributed by atoms with Crippen molar-refractivity contribution < 1.29 is 36.0 Å². The summed E-state index contributed by atoms with van der Waals surface area (Å²) in [4.78, 5) is 14.7. The molecule has 4 rings (SSSR count). The molecule has 0 bridgehead atoms. The van der Waals surface area contributed by atoms with E-state index in [4.69, 9.17) is 9.26 Å². The molecule has 1 atom stereocenters. The fourth-order valence-corrected chi connectivity index (χ4v) is 3.85. The fraction of sp³-hybridized carbons (Fsp3) is 0.304. The summed E-state index contributed by atoms with van der Waals surface area (Å²) in [6.45, 7) is 0.527. The average molecular weight is 466 g/mol. The van der Waals surface area contributed by atoms with Crippen LogP contribution >= 0.6 is 0 Å². The number of halogens is 5. The number of benzene rings is 2. The first-order valence-electron chi connectivity index (χ1n) is 10.1. The second-order valence-corrected chi connectivity index (χ2v) is 7.66. The molecule has 174 valence electrons. The van der Waals surface area contributed by atoms with Gasteiger partial charge in [0.05, 0.1) is 13.2 Å². The van der Waals surface area contributed by atoms with Crippen molar-refractivity contribution in [2.45, 2.75) is 31.0 Å². The maximum atomic E-state index is 13.5. The predicted molar refractivity (Wildman–Crippen MR) is 108 cm³/mol. The predicted octanol–water partition coefficient (Wildman–Crippen LogP) is 5.98. The van der Waals surface area contributed by atoms with Crippen LogP contribution < -0.4 is 4.74 Å². The van der Waals surface area contributed by atoms with Crippen LogP contribution in [0, 0.1) is 0 Å². The van der Waals surface area contributed by atoms with Crippen LogP contribution in [0.2, 0.25) is 0 Å². The average Bonchev–Trinajstić information content (AvgIpc) is 3.48. The molecular formula is C23H19F5N2O3. The van der Waals surface area contributed by atoms with Gasteiger partial charge in [-0.1, -0.05) is 41.6 Å². The summed E-state index contributed by atoms with van der Waals surface area (Å²) >= 11 is 0. The zero-order valence-electron chi connectivity index (χ0n) is 17.4. The number of rotatable bonds is 5. The summed E-state index contributed by atoms with van der Waals surface area (Å²) in [7, 11) is 1.57. The van der Waals surface area contributed by atoms with Gasteiger partial charge in [0, 0.05) is 23.7 Å². The Balaban J connectivity index is 1.52. The quantitative estimate of drug-likeness (QED) is 0.434. The topological polar surface area (TPSA) is 55.6 Å². The first kappa shape index (κ1) is 22.8. The largest absolute Gasteiger partial charge is 0.497 e. The summed E-state index contributed by atoms with van der Waals surface area (Å²) in [5, 5.41) is 3.79. The van der Waals surface area contributed by atoms with Gasteiger partial charge in [0.15, 0.2) is 11.5 Å². The van der Waals surface area contributed by atoms with Crippen molar-refractivity contribution in [3.05, 3.63) is 71.4 Å². The number of hydrogen-bond acceptors (Lipinski definition) is 4. The van der Waals surface area contributed by atoms with E-state index in [9.17, 15) is 26.7 Å². The normalized spacial score (nSPS) is 16.8. The van der Waals surface area contributed by atoms with E-state index in [0.29, 0.717) is 24.4 Å². The Hall–Kier alpha value is -3.43. The lowest BCUT2D eigenvalue weighted by molar-refractivity contribution is -0.289. The molecule has 1 amide bonds. The molecule has 1 aliphatic heterocycles. The van der Waals surface area contributed by atoms with E-state index in [0.717, 1.165) is 30.5 Å². The van der Waals surface area contributed by atoms with E-state index >= 15 is 0 Å². The van der Waals surface area contributed by atoms with Crippen molar-refractivity contribution in [1.82, 2.24) is 10.1 Å². The van der Waals surface area contributed by atoms with Gasteiger partial charge in [-0.25, -0.2) is 0 Å². The van der Waals surface area contributed by atoms with Crippen LogP contribution in [0.5, 0.6) is 5.75 Å². The number of methoxy groups -OCH3 is 1. The molecular weight excluding hydrogens is 447 g/mol. The number of alkyl halides is 5. The molecule has 0 aliphatic carbocycles. The molecule has 1 aromatic heterocycles. The van der Waals surface area contributed by atoms with Gasteiger partial charge in [0.25, 0.3) is 5.91 Å². The summed E-state index contributed by atoms with van der Waals surface area (Å²) in [6.07, 6.45) is -4.11. The zero-order chi connectivity index (χ0) is 23.8. The molecule has 1 fully saturated rings. The lowest BCUT2D eigenvalue weighted by atomic mass is 10.0. The smallest absolute Gasteiger partial charge is 0.458 e. The first-order chi connectivity index (χ1) is 15.6. The maximum Gasteiger partial charge on any atom is 0.458 e. The molecule has 2 aromatic carbocycles. The van der Waals surface area contributed by atoms with Gasteiger partial charge >= 0.3 is 12.1 Å².